The highest BCUT2D eigenvalue weighted by Crippen LogP contribution is 2.21. The monoisotopic (exact) mass is 244 g/mol. The number of nitrogens with two attached hydrogens (primary N) is 1. The number of hydrogen-bond acceptors (Lipinski definition) is 4. The fourth-order valence-corrected chi connectivity index (χ4v) is 2.24. The topological polar surface area (TPSA) is 73.6 Å². The second-order valence-corrected chi connectivity index (χ2v) is 4.56. The van der Waals surface area contributed by atoms with Crippen LogP contribution in [0.1, 0.15) is 32.1 Å². The van der Waals surface area contributed by atoms with Gasteiger partial charge in [0.05, 0.1) is 18.2 Å². The molecule has 100 valence electrons. The van der Waals surface area contributed by atoms with Gasteiger partial charge in [-0.2, -0.15) is 0 Å². The summed E-state index contributed by atoms with van der Waals surface area (Å²) < 4.78 is 10.3. The summed E-state index contributed by atoms with van der Waals surface area (Å²) in [7, 11) is 3.33. The summed E-state index contributed by atoms with van der Waals surface area (Å²) >= 11 is 0. The van der Waals surface area contributed by atoms with Gasteiger partial charge in [0.1, 0.15) is 0 Å². The summed E-state index contributed by atoms with van der Waals surface area (Å²) in [5, 5.41) is 2.98. The van der Waals surface area contributed by atoms with Crippen LogP contribution in [0.15, 0.2) is 0 Å². The zero-order valence-electron chi connectivity index (χ0n) is 10.8. The minimum atomic E-state index is -0.441. The van der Waals surface area contributed by atoms with Gasteiger partial charge in [-0.1, -0.05) is 0 Å². The fourth-order valence-electron chi connectivity index (χ4n) is 2.24. The summed E-state index contributed by atoms with van der Waals surface area (Å²) in [5.41, 5.74) is 5.81. The zero-order valence-corrected chi connectivity index (χ0v) is 10.8. The first kappa shape index (κ1) is 14.4. The van der Waals surface area contributed by atoms with Gasteiger partial charge in [-0.3, -0.25) is 4.79 Å². The van der Waals surface area contributed by atoms with Gasteiger partial charge in [0.2, 0.25) is 5.91 Å². The van der Waals surface area contributed by atoms with E-state index in [1.165, 1.54) is 0 Å². The van der Waals surface area contributed by atoms with Crippen molar-refractivity contribution in [2.24, 2.45) is 5.73 Å². The average molecular weight is 244 g/mol. The van der Waals surface area contributed by atoms with E-state index in [-0.39, 0.29) is 18.1 Å². The van der Waals surface area contributed by atoms with Crippen LogP contribution in [-0.2, 0) is 14.3 Å². The van der Waals surface area contributed by atoms with Gasteiger partial charge in [-0.25, -0.2) is 0 Å². The molecular formula is C12H24N2O3. The Kier molecular flexibility index (Phi) is 6.47. The largest absolute Gasteiger partial charge is 0.385 e. The molecule has 0 saturated heterocycles. The third kappa shape index (κ3) is 4.61. The zero-order chi connectivity index (χ0) is 12.7. The van der Waals surface area contributed by atoms with Crippen molar-refractivity contribution in [2.75, 3.05) is 20.8 Å². The normalized spacial score (nSPS) is 25.8. The summed E-state index contributed by atoms with van der Waals surface area (Å²) in [6.45, 7) is 0.644. The van der Waals surface area contributed by atoms with Gasteiger partial charge < -0.3 is 20.5 Å². The van der Waals surface area contributed by atoms with E-state index >= 15 is 0 Å². The highest BCUT2D eigenvalue weighted by Gasteiger charge is 2.29. The molecule has 0 spiro atoms. The minimum Gasteiger partial charge on any atom is -0.385 e. The van der Waals surface area contributed by atoms with Crippen LogP contribution in [0.25, 0.3) is 0 Å². The Balaban J connectivity index is 2.27. The van der Waals surface area contributed by atoms with Gasteiger partial charge >= 0.3 is 0 Å². The van der Waals surface area contributed by atoms with Crippen LogP contribution in [0.4, 0.5) is 0 Å². The predicted molar refractivity (Wildman–Crippen MR) is 65.7 cm³/mol. The van der Waals surface area contributed by atoms with Crippen LogP contribution in [0.2, 0.25) is 0 Å². The molecule has 1 amide bonds. The molecule has 3 unspecified atom stereocenters. The van der Waals surface area contributed by atoms with E-state index in [1.807, 2.05) is 0 Å². The number of rotatable bonds is 7. The Morgan fingerprint density at radius 1 is 1.47 bits per heavy atom. The first-order chi connectivity index (χ1) is 8.19. The second-order valence-electron chi connectivity index (χ2n) is 4.56. The smallest absolute Gasteiger partial charge is 0.237 e. The molecule has 0 aromatic rings. The number of nitrogens with one attached hydrogen (secondary N) is 1. The molecule has 0 radical (unpaired) electrons. The van der Waals surface area contributed by atoms with Crippen LogP contribution < -0.4 is 11.1 Å². The summed E-state index contributed by atoms with van der Waals surface area (Å²) in [4.78, 5) is 11.8. The molecule has 1 aliphatic carbocycles. The van der Waals surface area contributed by atoms with Crippen molar-refractivity contribution >= 4 is 5.91 Å². The SMILES string of the molecule is COCCCC(N)C(=O)NC1CCCC1OC. The molecule has 0 aromatic carbocycles. The van der Waals surface area contributed by atoms with Crippen LogP contribution in [0, 0.1) is 0 Å². The van der Waals surface area contributed by atoms with E-state index in [1.54, 1.807) is 14.2 Å². The number of ether oxygens (including phenoxy) is 2. The van der Waals surface area contributed by atoms with Crippen LogP contribution >= 0.6 is 0 Å². The highest BCUT2D eigenvalue weighted by atomic mass is 16.5. The highest BCUT2D eigenvalue weighted by molar-refractivity contribution is 5.81. The Bertz CT molecular complexity index is 236. The van der Waals surface area contributed by atoms with Crippen LogP contribution in [0.3, 0.4) is 0 Å². The van der Waals surface area contributed by atoms with Gasteiger partial charge in [0.15, 0.2) is 0 Å². The second kappa shape index (κ2) is 7.63. The third-order valence-corrected chi connectivity index (χ3v) is 3.28. The Labute approximate surface area is 103 Å². The maximum Gasteiger partial charge on any atom is 0.237 e. The molecule has 1 fully saturated rings. The van der Waals surface area contributed by atoms with Crippen molar-refractivity contribution in [2.45, 2.75) is 50.3 Å². The van der Waals surface area contributed by atoms with Crippen molar-refractivity contribution in [1.82, 2.24) is 5.32 Å². The summed E-state index contributed by atoms with van der Waals surface area (Å²) in [6, 6.07) is -0.316. The molecule has 17 heavy (non-hydrogen) atoms. The molecule has 0 heterocycles. The molecule has 0 aliphatic heterocycles. The molecule has 3 N–H and O–H groups in total. The molecule has 0 aromatic heterocycles. The number of carbonyl (C=O) groups excluding carboxylic acids is 1. The standard InChI is InChI=1S/C12H24N2O3/c1-16-8-4-5-9(13)12(15)14-10-6-3-7-11(10)17-2/h9-11H,3-8,13H2,1-2H3,(H,14,15). The molecule has 0 bridgehead atoms. The lowest BCUT2D eigenvalue weighted by molar-refractivity contribution is -0.124. The lowest BCUT2D eigenvalue weighted by Crippen LogP contribution is -2.48. The van der Waals surface area contributed by atoms with E-state index in [9.17, 15) is 4.79 Å². The molecular weight excluding hydrogens is 220 g/mol. The molecule has 5 nitrogen and oxygen atoms in total. The maximum absolute atomic E-state index is 11.8. The molecule has 1 rings (SSSR count). The average Bonchev–Trinajstić information content (AvgIpc) is 2.76. The van der Waals surface area contributed by atoms with E-state index in [2.05, 4.69) is 5.32 Å². The summed E-state index contributed by atoms with van der Waals surface area (Å²) in [5.74, 6) is -0.0740. The number of methoxy groups -OCH3 is 2. The lowest BCUT2D eigenvalue weighted by atomic mass is 10.1. The van der Waals surface area contributed by atoms with E-state index in [4.69, 9.17) is 15.2 Å². The Morgan fingerprint density at radius 2 is 2.24 bits per heavy atom. The molecule has 1 aliphatic rings. The van der Waals surface area contributed by atoms with Crippen LogP contribution in [-0.4, -0.2) is 44.9 Å². The van der Waals surface area contributed by atoms with Gasteiger partial charge in [-0.05, 0) is 32.1 Å². The maximum atomic E-state index is 11.8. The first-order valence-electron chi connectivity index (χ1n) is 6.26. The fraction of sp³-hybridized carbons (Fsp3) is 0.917. The molecule has 3 atom stereocenters. The van der Waals surface area contributed by atoms with Crippen molar-refractivity contribution in [3.05, 3.63) is 0 Å². The van der Waals surface area contributed by atoms with E-state index in [0.29, 0.717) is 13.0 Å². The molecule has 1 saturated carbocycles. The predicted octanol–water partition coefficient (Wildman–Crippen LogP) is 0.424. The van der Waals surface area contributed by atoms with Crippen molar-refractivity contribution in [3.63, 3.8) is 0 Å². The third-order valence-electron chi connectivity index (χ3n) is 3.28. The number of hydrogen-bond donors (Lipinski definition) is 2. The van der Waals surface area contributed by atoms with Gasteiger partial charge in [0.25, 0.3) is 0 Å². The Morgan fingerprint density at radius 3 is 2.88 bits per heavy atom. The van der Waals surface area contributed by atoms with Crippen molar-refractivity contribution in [3.8, 4) is 0 Å². The minimum absolute atomic E-state index is 0.0740. The first-order valence-corrected chi connectivity index (χ1v) is 6.26. The van der Waals surface area contributed by atoms with Gasteiger partial charge in [0, 0.05) is 20.8 Å². The van der Waals surface area contributed by atoms with Crippen molar-refractivity contribution in [1.29, 1.82) is 0 Å². The van der Waals surface area contributed by atoms with Crippen LogP contribution in [0.5, 0.6) is 0 Å². The Hall–Kier alpha value is -0.650. The van der Waals surface area contributed by atoms with Gasteiger partial charge in [-0.15, -0.1) is 0 Å². The number of amides is 1. The summed E-state index contributed by atoms with van der Waals surface area (Å²) in [6.07, 6.45) is 4.70. The van der Waals surface area contributed by atoms with E-state index < -0.39 is 6.04 Å². The van der Waals surface area contributed by atoms with E-state index in [0.717, 1.165) is 25.7 Å². The van der Waals surface area contributed by atoms with Crippen molar-refractivity contribution < 1.29 is 14.3 Å². The quantitative estimate of drug-likeness (QED) is 0.637. The lowest BCUT2D eigenvalue weighted by Gasteiger charge is -2.21. The number of carbonyl (C=O) groups is 1. The molecule has 5 heteroatoms.